The van der Waals surface area contributed by atoms with Gasteiger partial charge in [-0.2, -0.15) is 0 Å². The van der Waals surface area contributed by atoms with Crippen LogP contribution >= 0.6 is 0 Å². The van der Waals surface area contributed by atoms with Crippen molar-refractivity contribution in [1.29, 1.82) is 0 Å². The molecule has 37 heavy (non-hydrogen) atoms. The van der Waals surface area contributed by atoms with E-state index >= 15 is 0 Å². The number of carbonyl (C=O) groups is 1. The van der Waals surface area contributed by atoms with E-state index in [1.165, 1.54) is 31.3 Å². The summed E-state index contributed by atoms with van der Waals surface area (Å²) < 4.78 is 54.0. The highest BCUT2D eigenvalue weighted by Gasteiger charge is 2.36. The van der Waals surface area contributed by atoms with Gasteiger partial charge in [-0.3, -0.25) is 14.1 Å². The highest BCUT2D eigenvalue weighted by atomic mass is 32.2. The van der Waals surface area contributed by atoms with Gasteiger partial charge < -0.3 is 14.6 Å². The van der Waals surface area contributed by atoms with Crippen LogP contribution in [0.15, 0.2) is 59.5 Å². The molecular formula is C27H29FN2O6S. The van der Waals surface area contributed by atoms with Crippen molar-refractivity contribution in [3.8, 4) is 22.8 Å². The third-order valence-corrected chi connectivity index (χ3v) is 7.94. The van der Waals surface area contributed by atoms with Crippen LogP contribution in [0.3, 0.4) is 0 Å². The molecule has 3 aromatic rings. The summed E-state index contributed by atoms with van der Waals surface area (Å²) in [5.74, 6) is -0.930. The predicted molar refractivity (Wildman–Crippen MR) is 137 cm³/mol. The number of aryl methyl sites for hydroxylation is 1. The molecule has 0 fully saturated rings. The van der Waals surface area contributed by atoms with Gasteiger partial charge in [0.25, 0.3) is 10.0 Å². The fourth-order valence-electron chi connectivity index (χ4n) is 4.08. The Labute approximate surface area is 215 Å². The Hall–Kier alpha value is -3.50. The highest BCUT2D eigenvalue weighted by Crippen LogP contribution is 2.41. The molecule has 1 atom stereocenters. The Morgan fingerprint density at radius 3 is 2.65 bits per heavy atom. The molecule has 1 aliphatic rings. The molecule has 0 saturated carbocycles. The minimum atomic E-state index is -4.18. The zero-order valence-corrected chi connectivity index (χ0v) is 21.9. The number of ketones is 1. The Balaban J connectivity index is 1.77. The maximum atomic E-state index is 14.0. The normalized spacial score (nSPS) is 15.6. The van der Waals surface area contributed by atoms with Crippen molar-refractivity contribution < 1.29 is 32.2 Å². The molecule has 2 aromatic carbocycles. The number of sulfonamides is 1. The second kappa shape index (κ2) is 10.1. The number of Topliss-reactive ketones (excluding diaryl/α,β-unsaturated/α-hetero) is 1. The van der Waals surface area contributed by atoms with Crippen molar-refractivity contribution in [3.05, 3.63) is 66.1 Å². The van der Waals surface area contributed by atoms with E-state index in [2.05, 4.69) is 4.98 Å². The van der Waals surface area contributed by atoms with Crippen LogP contribution in [0, 0.1) is 12.7 Å². The average molecular weight is 529 g/mol. The number of aromatic nitrogens is 1. The van der Waals surface area contributed by atoms with E-state index < -0.39 is 27.5 Å². The summed E-state index contributed by atoms with van der Waals surface area (Å²) in [5, 5.41) is 9.99. The van der Waals surface area contributed by atoms with Gasteiger partial charge in [-0.15, -0.1) is 0 Å². The molecule has 196 valence electrons. The van der Waals surface area contributed by atoms with Gasteiger partial charge in [-0.1, -0.05) is 6.07 Å². The van der Waals surface area contributed by atoms with Gasteiger partial charge in [0.1, 0.15) is 17.5 Å². The molecule has 0 unspecified atom stereocenters. The van der Waals surface area contributed by atoms with E-state index in [1.807, 2.05) is 25.1 Å². The fourth-order valence-corrected chi connectivity index (χ4v) is 5.59. The second-order valence-electron chi connectivity index (χ2n) is 9.44. The first kappa shape index (κ1) is 26.6. The summed E-state index contributed by atoms with van der Waals surface area (Å²) in [6.07, 6.45) is -0.450. The Bertz CT molecular complexity index is 1440. The summed E-state index contributed by atoms with van der Waals surface area (Å²) in [4.78, 5) is 16.7. The number of hydrogen-bond acceptors (Lipinski definition) is 7. The Morgan fingerprint density at radius 2 is 1.97 bits per heavy atom. The lowest BCUT2D eigenvalue weighted by molar-refractivity contribution is -0.134. The number of nitrogens with zero attached hydrogens (tertiary/aromatic N) is 2. The third-order valence-electron chi connectivity index (χ3n) is 6.16. The number of hydrogen-bond donors (Lipinski definition) is 1. The van der Waals surface area contributed by atoms with Crippen LogP contribution in [0.4, 0.5) is 10.1 Å². The van der Waals surface area contributed by atoms with Gasteiger partial charge in [-0.05, 0) is 69.7 Å². The lowest BCUT2D eigenvalue weighted by Crippen LogP contribution is -2.44. The van der Waals surface area contributed by atoms with Crippen LogP contribution in [0.5, 0.6) is 11.5 Å². The lowest BCUT2D eigenvalue weighted by Gasteiger charge is -2.36. The number of halogens is 1. The first-order valence-electron chi connectivity index (χ1n) is 11.8. The van der Waals surface area contributed by atoms with E-state index in [0.717, 1.165) is 17.8 Å². The number of ether oxygens (including phenoxy) is 2. The second-order valence-corrected chi connectivity index (χ2v) is 11.3. The van der Waals surface area contributed by atoms with E-state index in [4.69, 9.17) is 9.47 Å². The van der Waals surface area contributed by atoms with E-state index in [9.17, 15) is 22.7 Å². The van der Waals surface area contributed by atoms with Gasteiger partial charge in [0.2, 0.25) is 0 Å². The molecule has 4 rings (SSSR count). The molecule has 0 bridgehead atoms. The molecule has 0 radical (unpaired) electrons. The van der Waals surface area contributed by atoms with E-state index in [1.54, 1.807) is 18.2 Å². The average Bonchev–Trinajstić information content (AvgIpc) is 2.86. The molecule has 0 spiro atoms. The molecule has 1 aliphatic heterocycles. The number of anilines is 1. The summed E-state index contributed by atoms with van der Waals surface area (Å²) in [6, 6.07) is 14.1. The van der Waals surface area contributed by atoms with Crippen LogP contribution < -0.4 is 13.8 Å². The largest absolute Gasteiger partial charge is 0.494 e. The minimum Gasteiger partial charge on any atom is -0.494 e. The van der Waals surface area contributed by atoms with Crippen LogP contribution in [0.1, 0.15) is 32.4 Å². The van der Waals surface area contributed by atoms with Crippen molar-refractivity contribution >= 4 is 21.5 Å². The zero-order valence-electron chi connectivity index (χ0n) is 21.1. The standard InChI is InChI=1S/C27H29FN2O6S/c1-17-6-5-7-22(29-17)18-8-12-24-23(14-18)30(16-19(36-24)9-13-26(31)27(2,3)32)37(33,34)20-10-11-21(28)25(15-20)35-4/h5-8,10-12,14-15,19,32H,9,13,16H2,1-4H3/t19-/m0/s1. The van der Waals surface area contributed by atoms with Gasteiger partial charge in [0.15, 0.2) is 17.3 Å². The molecular weight excluding hydrogens is 499 g/mol. The molecule has 0 amide bonds. The number of pyridine rings is 1. The summed E-state index contributed by atoms with van der Waals surface area (Å²) >= 11 is 0. The van der Waals surface area contributed by atoms with Gasteiger partial charge in [0, 0.05) is 23.7 Å². The first-order chi connectivity index (χ1) is 17.4. The molecule has 2 heterocycles. The number of aliphatic hydroxyl groups is 1. The van der Waals surface area contributed by atoms with Crippen molar-refractivity contribution in [1.82, 2.24) is 4.98 Å². The molecule has 1 N–H and O–H groups in total. The van der Waals surface area contributed by atoms with Gasteiger partial charge in [-0.25, -0.2) is 12.8 Å². The number of methoxy groups -OCH3 is 1. The maximum Gasteiger partial charge on any atom is 0.264 e. The number of benzene rings is 2. The van der Waals surface area contributed by atoms with Gasteiger partial charge >= 0.3 is 0 Å². The maximum absolute atomic E-state index is 14.0. The highest BCUT2D eigenvalue weighted by molar-refractivity contribution is 7.92. The summed E-state index contributed by atoms with van der Waals surface area (Å²) in [5.41, 5.74) is 0.971. The van der Waals surface area contributed by atoms with Crippen molar-refractivity contribution in [3.63, 3.8) is 0 Å². The topological polar surface area (TPSA) is 106 Å². The molecule has 0 aliphatic carbocycles. The monoisotopic (exact) mass is 528 g/mol. The predicted octanol–water partition coefficient (Wildman–Crippen LogP) is 4.28. The fraction of sp³-hybridized carbons (Fsp3) is 0.333. The number of rotatable bonds is 8. The van der Waals surface area contributed by atoms with Crippen LogP contribution in [-0.2, 0) is 14.8 Å². The minimum absolute atomic E-state index is 0.00700. The molecule has 8 nitrogen and oxygen atoms in total. The van der Waals surface area contributed by atoms with Crippen LogP contribution in [0.25, 0.3) is 11.3 Å². The zero-order chi connectivity index (χ0) is 27.0. The molecule has 0 saturated heterocycles. The smallest absolute Gasteiger partial charge is 0.264 e. The van der Waals surface area contributed by atoms with Crippen LogP contribution in [0.2, 0.25) is 0 Å². The number of carbonyl (C=O) groups excluding carboxylic acids is 1. The van der Waals surface area contributed by atoms with E-state index in [0.29, 0.717) is 22.7 Å². The number of fused-ring (bicyclic) bond motifs is 1. The lowest BCUT2D eigenvalue weighted by atomic mass is 9.98. The summed E-state index contributed by atoms with van der Waals surface area (Å²) in [7, 11) is -2.92. The summed E-state index contributed by atoms with van der Waals surface area (Å²) in [6.45, 7) is 4.60. The van der Waals surface area contributed by atoms with Crippen molar-refractivity contribution in [2.45, 2.75) is 50.2 Å². The Morgan fingerprint density at radius 1 is 1.22 bits per heavy atom. The SMILES string of the molecule is COc1cc(S(=O)(=O)N2C[C@H](CCC(=O)C(C)(C)O)Oc3ccc(-c4cccc(C)n4)cc32)ccc1F. The van der Waals surface area contributed by atoms with Crippen LogP contribution in [-0.4, -0.2) is 49.7 Å². The first-order valence-corrected chi connectivity index (χ1v) is 13.2. The van der Waals surface area contributed by atoms with E-state index in [-0.39, 0.29) is 35.8 Å². The van der Waals surface area contributed by atoms with Crippen molar-refractivity contribution in [2.24, 2.45) is 0 Å². The molecule has 10 heteroatoms. The third kappa shape index (κ3) is 5.60. The molecule has 1 aromatic heterocycles. The van der Waals surface area contributed by atoms with Gasteiger partial charge in [0.05, 0.1) is 29.9 Å². The van der Waals surface area contributed by atoms with Crippen molar-refractivity contribution in [2.75, 3.05) is 18.0 Å². The quantitative estimate of drug-likeness (QED) is 0.465. The Kier molecular flexibility index (Phi) is 7.25.